The number of aliphatic hydroxyl groups is 1. The molecule has 0 aromatic heterocycles. The van der Waals surface area contributed by atoms with Crippen LogP contribution in [0.5, 0.6) is 5.75 Å². The Morgan fingerprint density at radius 3 is 2.59 bits per heavy atom. The lowest BCUT2D eigenvalue weighted by molar-refractivity contribution is -0.263. The predicted molar refractivity (Wildman–Crippen MR) is 56.0 cm³/mol. The van der Waals surface area contributed by atoms with Gasteiger partial charge in [0.2, 0.25) is 0 Å². The van der Waals surface area contributed by atoms with Gasteiger partial charge in [-0.05, 0) is 36.1 Å². The molecule has 1 N–H and O–H groups in total. The average molecular weight is 246 g/mol. The smallest absolute Gasteiger partial charge is 0.417 e. The summed E-state index contributed by atoms with van der Waals surface area (Å²) in [5.41, 5.74) is -1.25. The highest BCUT2D eigenvalue weighted by molar-refractivity contribution is 5.38. The molecule has 5 heteroatoms. The third kappa shape index (κ3) is 2.11. The average Bonchev–Trinajstić information content (AvgIpc) is 2.26. The van der Waals surface area contributed by atoms with Crippen LogP contribution in [0.2, 0.25) is 0 Å². The molecule has 0 saturated carbocycles. The highest BCUT2D eigenvalue weighted by Crippen LogP contribution is 2.41. The van der Waals surface area contributed by atoms with Crippen LogP contribution in [-0.2, 0) is 12.8 Å². The Kier molecular flexibility index (Phi) is 2.81. The van der Waals surface area contributed by atoms with E-state index in [4.69, 9.17) is 4.74 Å². The molecule has 1 aromatic rings. The number of fused-ring (bicyclic) bond motifs is 1. The first-order valence-corrected chi connectivity index (χ1v) is 5.31. The molecule has 1 aromatic carbocycles. The van der Waals surface area contributed by atoms with E-state index >= 15 is 0 Å². The van der Waals surface area contributed by atoms with E-state index in [9.17, 15) is 18.3 Å². The summed E-state index contributed by atoms with van der Waals surface area (Å²) in [6.45, 7) is 0. The minimum absolute atomic E-state index is 0.231. The summed E-state index contributed by atoms with van der Waals surface area (Å²) in [7, 11) is 1.46. The van der Waals surface area contributed by atoms with Crippen LogP contribution in [0.15, 0.2) is 18.2 Å². The highest BCUT2D eigenvalue weighted by atomic mass is 19.4. The molecule has 1 atom stereocenters. The Hall–Kier alpha value is -1.23. The normalized spacial score (nSPS) is 24.3. The van der Waals surface area contributed by atoms with Crippen molar-refractivity contribution in [3.05, 3.63) is 29.3 Å². The molecule has 2 rings (SSSR count). The van der Waals surface area contributed by atoms with Gasteiger partial charge in [-0.2, -0.15) is 13.2 Å². The molecule has 0 amide bonds. The van der Waals surface area contributed by atoms with Gasteiger partial charge in [-0.3, -0.25) is 0 Å². The topological polar surface area (TPSA) is 29.5 Å². The minimum Gasteiger partial charge on any atom is -0.497 e. The van der Waals surface area contributed by atoms with Crippen molar-refractivity contribution in [2.45, 2.75) is 31.0 Å². The number of rotatable bonds is 1. The highest BCUT2D eigenvalue weighted by Gasteiger charge is 2.54. The maximum Gasteiger partial charge on any atom is 0.417 e. The molecular weight excluding hydrogens is 233 g/mol. The molecule has 0 spiro atoms. The Morgan fingerprint density at radius 2 is 2.00 bits per heavy atom. The van der Waals surface area contributed by atoms with Crippen LogP contribution in [0.3, 0.4) is 0 Å². The fourth-order valence-corrected chi connectivity index (χ4v) is 2.12. The summed E-state index contributed by atoms with van der Waals surface area (Å²) in [4.78, 5) is 0. The minimum atomic E-state index is -4.59. The van der Waals surface area contributed by atoms with Crippen molar-refractivity contribution < 1.29 is 23.0 Å². The van der Waals surface area contributed by atoms with Crippen LogP contribution in [-0.4, -0.2) is 24.0 Å². The Labute approximate surface area is 97.0 Å². The number of halogens is 3. The Morgan fingerprint density at radius 1 is 1.29 bits per heavy atom. The third-order valence-corrected chi connectivity index (χ3v) is 3.23. The molecule has 0 radical (unpaired) electrons. The van der Waals surface area contributed by atoms with Gasteiger partial charge in [0.25, 0.3) is 0 Å². The van der Waals surface area contributed by atoms with E-state index in [1.54, 1.807) is 18.2 Å². The summed E-state index contributed by atoms with van der Waals surface area (Å²) < 4.78 is 43.1. The van der Waals surface area contributed by atoms with Crippen LogP contribution in [0.4, 0.5) is 13.2 Å². The van der Waals surface area contributed by atoms with Gasteiger partial charge in [0.1, 0.15) is 5.75 Å². The SMILES string of the molecule is COc1ccc2c(c1)CC(O)(C(F)(F)F)CC2. The van der Waals surface area contributed by atoms with E-state index in [2.05, 4.69) is 0 Å². The molecule has 0 aliphatic heterocycles. The van der Waals surface area contributed by atoms with Gasteiger partial charge >= 0.3 is 6.18 Å². The Balaban J connectivity index is 2.34. The van der Waals surface area contributed by atoms with E-state index in [-0.39, 0.29) is 12.8 Å². The number of methoxy groups -OCH3 is 1. The van der Waals surface area contributed by atoms with Crippen molar-refractivity contribution in [3.63, 3.8) is 0 Å². The summed E-state index contributed by atoms with van der Waals surface area (Å²) >= 11 is 0. The molecule has 1 unspecified atom stereocenters. The van der Waals surface area contributed by atoms with Crippen LogP contribution in [0.1, 0.15) is 17.5 Å². The molecule has 0 saturated heterocycles. The maximum absolute atomic E-state index is 12.7. The maximum atomic E-state index is 12.7. The van der Waals surface area contributed by atoms with Gasteiger partial charge in [0.15, 0.2) is 5.60 Å². The van der Waals surface area contributed by atoms with Crippen molar-refractivity contribution in [2.75, 3.05) is 7.11 Å². The quantitative estimate of drug-likeness (QED) is 0.824. The summed E-state index contributed by atoms with van der Waals surface area (Å²) in [6.07, 6.45) is -5.04. The standard InChI is InChI=1S/C12H13F3O2/c1-17-10-3-2-8-4-5-11(16,12(13,14)15)7-9(8)6-10/h2-3,6,16H,4-5,7H2,1H3. The molecule has 1 aliphatic carbocycles. The van der Waals surface area contributed by atoms with Crippen molar-refractivity contribution in [3.8, 4) is 5.75 Å². The third-order valence-electron chi connectivity index (χ3n) is 3.23. The lowest BCUT2D eigenvalue weighted by Crippen LogP contribution is -2.49. The fourth-order valence-electron chi connectivity index (χ4n) is 2.12. The summed E-state index contributed by atoms with van der Waals surface area (Å²) in [5, 5.41) is 9.65. The van der Waals surface area contributed by atoms with E-state index in [0.717, 1.165) is 5.56 Å². The molecule has 94 valence electrons. The van der Waals surface area contributed by atoms with Gasteiger partial charge in [-0.1, -0.05) is 6.07 Å². The molecule has 0 fully saturated rings. The lowest BCUT2D eigenvalue weighted by Gasteiger charge is -2.35. The van der Waals surface area contributed by atoms with Crippen LogP contribution in [0, 0.1) is 0 Å². The van der Waals surface area contributed by atoms with Gasteiger partial charge in [0, 0.05) is 6.42 Å². The van der Waals surface area contributed by atoms with E-state index in [1.165, 1.54) is 7.11 Å². The lowest BCUT2D eigenvalue weighted by atomic mass is 9.80. The van der Waals surface area contributed by atoms with E-state index in [0.29, 0.717) is 11.3 Å². The van der Waals surface area contributed by atoms with Crippen molar-refractivity contribution >= 4 is 0 Å². The first kappa shape index (κ1) is 12.2. The monoisotopic (exact) mass is 246 g/mol. The van der Waals surface area contributed by atoms with Gasteiger partial charge < -0.3 is 9.84 Å². The van der Waals surface area contributed by atoms with Crippen molar-refractivity contribution in [2.24, 2.45) is 0 Å². The van der Waals surface area contributed by atoms with Crippen LogP contribution >= 0.6 is 0 Å². The zero-order chi connectivity index (χ0) is 12.7. The second-order valence-corrected chi connectivity index (χ2v) is 4.34. The van der Waals surface area contributed by atoms with Gasteiger partial charge in [0.05, 0.1) is 7.11 Å². The molecule has 0 bridgehead atoms. The summed E-state index contributed by atoms with van der Waals surface area (Å²) in [5.74, 6) is 0.509. The largest absolute Gasteiger partial charge is 0.497 e. The summed E-state index contributed by atoms with van der Waals surface area (Å²) in [6, 6.07) is 5.03. The van der Waals surface area contributed by atoms with Gasteiger partial charge in [-0.15, -0.1) is 0 Å². The van der Waals surface area contributed by atoms with Crippen LogP contribution < -0.4 is 4.74 Å². The predicted octanol–water partition coefficient (Wildman–Crippen LogP) is 2.48. The molecule has 0 heterocycles. The molecule has 17 heavy (non-hydrogen) atoms. The second kappa shape index (κ2) is 3.91. The van der Waals surface area contributed by atoms with E-state index in [1.807, 2.05) is 0 Å². The number of alkyl halides is 3. The molecular formula is C12H13F3O2. The Bertz CT molecular complexity index is 428. The van der Waals surface area contributed by atoms with E-state index < -0.39 is 18.2 Å². The number of hydrogen-bond donors (Lipinski definition) is 1. The zero-order valence-electron chi connectivity index (χ0n) is 9.34. The first-order valence-electron chi connectivity index (χ1n) is 5.31. The number of ether oxygens (including phenoxy) is 1. The number of hydrogen-bond acceptors (Lipinski definition) is 2. The zero-order valence-corrected chi connectivity index (χ0v) is 9.34. The van der Waals surface area contributed by atoms with Gasteiger partial charge in [-0.25, -0.2) is 0 Å². The molecule has 2 nitrogen and oxygen atoms in total. The number of benzene rings is 1. The first-order chi connectivity index (χ1) is 7.86. The van der Waals surface area contributed by atoms with Crippen LogP contribution in [0.25, 0.3) is 0 Å². The van der Waals surface area contributed by atoms with Crippen molar-refractivity contribution in [1.82, 2.24) is 0 Å². The fraction of sp³-hybridized carbons (Fsp3) is 0.500. The second-order valence-electron chi connectivity index (χ2n) is 4.34. The van der Waals surface area contributed by atoms with Crippen molar-refractivity contribution in [1.29, 1.82) is 0 Å². The molecule has 1 aliphatic rings. The number of aryl methyl sites for hydroxylation is 1.